The summed E-state index contributed by atoms with van der Waals surface area (Å²) >= 11 is 0. The lowest BCUT2D eigenvalue weighted by Gasteiger charge is -2.37. The van der Waals surface area contributed by atoms with Crippen LogP contribution in [0.2, 0.25) is 0 Å². The van der Waals surface area contributed by atoms with Gasteiger partial charge < -0.3 is 19.8 Å². The summed E-state index contributed by atoms with van der Waals surface area (Å²) in [5, 5.41) is 22.6. The number of aliphatic hydroxyl groups is 2. The summed E-state index contributed by atoms with van der Waals surface area (Å²) in [7, 11) is 2.57. The van der Waals surface area contributed by atoms with E-state index < -0.39 is 23.1 Å². The molecule has 6 nitrogen and oxygen atoms in total. The number of para-hydroxylation sites is 1. The molecule has 1 amide bonds. The van der Waals surface area contributed by atoms with E-state index in [0.717, 1.165) is 7.11 Å². The number of esters is 1. The molecule has 6 heteroatoms. The topological polar surface area (TPSA) is 87.1 Å². The van der Waals surface area contributed by atoms with Crippen molar-refractivity contribution in [2.45, 2.75) is 11.2 Å². The Labute approximate surface area is 138 Å². The van der Waals surface area contributed by atoms with Crippen LogP contribution >= 0.6 is 0 Å². The largest absolute Gasteiger partial charge is 0.467 e. The molecule has 24 heavy (non-hydrogen) atoms. The summed E-state index contributed by atoms with van der Waals surface area (Å²) in [6.45, 7) is 0. The van der Waals surface area contributed by atoms with Gasteiger partial charge in [-0.15, -0.1) is 0 Å². The van der Waals surface area contributed by atoms with Crippen molar-refractivity contribution < 1.29 is 24.5 Å². The summed E-state index contributed by atoms with van der Waals surface area (Å²) < 4.78 is 4.73. The van der Waals surface area contributed by atoms with E-state index in [1.807, 2.05) is 0 Å². The summed E-state index contributed by atoms with van der Waals surface area (Å²) in [4.78, 5) is 26.5. The third-order valence-corrected chi connectivity index (χ3v) is 4.47. The number of hydrogen-bond donors (Lipinski definition) is 2. The number of fused-ring (bicyclic) bond motifs is 1. The minimum Gasteiger partial charge on any atom is -0.467 e. The minimum atomic E-state index is -2.58. The molecule has 2 atom stereocenters. The van der Waals surface area contributed by atoms with Gasteiger partial charge in [0.25, 0.3) is 5.91 Å². The molecule has 2 aromatic rings. The molecule has 0 saturated carbocycles. The van der Waals surface area contributed by atoms with Crippen LogP contribution in [0.3, 0.4) is 0 Å². The molecule has 124 valence electrons. The van der Waals surface area contributed by atoms with Crippen LogP contribution < -0.4 is 4.90 Å². The summed E-state index contributed by atoms with van der Waals surface area (Å²) in [5.74, 6) is -1.92. The summed E-state index contributed by atoms with van der Waals surface area (Å²) in [6, 6.07) is 14.3. The van der Waals surface area contributed by atoms with E-state index in [2.05, 4.69) is 0 Å². The monoisotopic (exact) mass is 327 g/mol. The predicted molar refractivity (Wildman–Crippen MR) is 86.1 cm³/mol. The quantitative estimate of drug-likeness (QED) is 0.818. The molecule has 0 saturated heterocycles. The molecule has 0 aliphatic carbocycles. The third kappa shape index (κ3) is 1.84. The number of nitrogens with zero attached hydrogens (tertiary/aromatic N) is 1. The Morgan fingerprint density at radius 1 is 1.12 bits per heavy atom. The van der Waals surface area contributed by atoms with E-state index in [-0.39, 0.29) is 11.1 Å². The highest BCUT2D eigenvalue weighted by atomic mass is 16.5. The zero-order valence-corrected chi connectivity index (χ0v) is 13.3. The number of likely N-dealkylation sites (N-methyl/N-ethyl adjacent to an activating group) is 1. The molecule has 0 radical (unpaired) electrons. The zero-order chi connectivity index (χ0) is 17.5. The van der Waals surface area contributed by atoms with E-state index in [4.69, 9.17) is 4.74 Å². The highest BCUT2D eigenvalue weighted by Gasteiger charge is 2.67. The molecular formula is C18H17NO5. The smallest absolute Gasteiger partial charge is 0.346 e. The van der Waals surface area contributed by atoms with E-state index in [0.29, 0.717) is 5.69 Å². The van der Waals surface area contributed by atoms with Crippen molar-refractivity contribution in [3.05, 3.63) is 65.7 Å². The molecule has 0 bridgehead atoms. The number of carbonyl (C=O) groups excluding carboxylic acids is 2. The number of hydrogen-bond acceptors (Lipinski definition) is 5. The van der Waals surface area contributed by atoms with Crippen LogP contribution in [0.4, 0.5) is 5.69 Å². The summed E-state index contributed by atoms with van der Waals surface area (Å²) in [6.07, 6.45) is 0. The van der Waals surface area contributed by atoms with E-state index in [1.165, 1.54) is 30.1 Å². The number of rotatable bonds is 3. The van der Waals surface area contributed by atoms with Crippen molar-refractivity contribution in [2.75, 3.05) is 19.1 Å². The maximum Gasteiger partial charge on any atom is 0.346 e. The van der Waals surface area contributed by atoms with Crippen LogP contribution in [0.5, 0.6) is 0 Å². The fourth-order valence-electron chi connectivity index (χ4n) is 3.19. The van der Waals surface area contributed by atoms with Gasteiger partial charge in [-0.05, 0) is 11.6 Å². The number of anilines is 1. The van der Waals surface area contributed by atoms with Crippen molar-refractivity contribution in [1.82, 2.24) is 0 Å². The van der Waals surface area contributed by atoms with Crippen molar-refractivity contribution in [2.24, 2.45) is 0 Å². The van der Waals surface area contributed by atoms with Gasteiger partial charge in [0.1, 0.15) is 0 Å². The van der Waals surface area contributed by atoms with Crippen molar-refractivity contribution in [1.29, 1.82) is 0 Å². The fourth-order valence-corrected chi connectivity index (χ4v) is 3.19. The highest BCUT2D eigenvalue weighted by molar-refractivity contribution is 6.10. The third-order valence-electron chi connectivity index (χ3n) is 4.47. The Hall–Kier alpha value is -2.70. The van der Waals surface area contributed by atoms with E-state index in [1.54, 1.807) is 36.4 Å². The molecule has 1 heterocycles. The van der Waals surface area contributed by atoms with Gasteiger partial charge in [-0.2, -0.15) is 0 Å². The average molecular weight is 327 g/mol. The second-order valence-corrected chi connectivity index (χ2v) is 5.66. The van der Waals surface area contributed by atoms with Gasteiger partial charge in [-0.25, -0.2) is 4.79 Å². The van der Waals surface area contributed by atoms with E-state index in [9.17, 15) is 19.8 Å². The second-order valence-electron chi connectivity index (χ2n) is 5.66. The summed E-state index contributed by atoms with van der Waals surface area (Å²) in [5.41, 5.74) is -4.44. The Morgan fingerprint density at radius 3 is 2.33 bits per heavy atom. The van der Waals surface area contributed by atoms with Gasteiger partial charge in [-0.3, -0.25) is 4.79 Å². The van der Waals surface area contributed by atoms with Crippen LogP contribution in [0.15, 0.2) is 54.6 Å². The maximum atomic E-state index is 12.8. The molecule has 0 unspecified atom stereocenters. The average Bonchev–Trinajstić information content (AvgIpc) is 2.84. The highest BCUT2D eigenvalue weighted by Crippen LogP contribution is 2.50. The molecule has 1 aliphatic heterocycles. The lowest BCUT2D eigenvalue weighted by molar-refractivity contribution is -0.203. The Balaban J connectivity index is 2.33. The molecular weight excluding hydrogens is 310 g/mol. The van der Waals surface area contributed by atoms with Gasteiger partial charge in [0.2, 0.25) is 11.2 Å². The Kier molecular flexibility index (Phi) is 3.66. The number of ether oxygens (including phenoxy) is 1. The lowest BCUT2D eigenvalue weighted by Crippen LogP contribution is -2.59. The second kappa shape index (κ2) is 5.43. The molecule has 2 N–H and O–H groups in total. The Morgan fingerprint density at radius 2 is 1.71 bits per heavy atom. The number of carbonyl (C=O) groups is 2. The van der Waals surface area contributed by atoms with Gasteiger partial charge in [0, 0.05) is 12.6 Å². The normalized spacial score (nSPS) is 22.0. The molecule has 0 fully saturated rings. The first kappa shape index (κ1) is 16.2. The first-order chi connectivity index (χ1) is 11.4. The molecule has 0 aromatic heterocycles. The van der Waals surface area contributed by atoms with Crippen molar-refractivity contribution >= 4 is 17.6 Å². The van der Waals surface area contributed by atoms with Gasteiger partial charge in [0.15, 0.2) is 0 Å². The van der Waals surface area contributed by atoms with Crippen LogP contribution in [-0.4, -0.2) is 36.2 Å². The molecule has 2 aromatic carbocycles. The predicted octanol–water partition coefficient (Wildman–Crippen LogP) is 0.911. The SMILES string of the molecule is COC(=O)[C@@](O)(c1ccccc1)[C@]1(O)C(=O)N(C)c2ccccc21. The molecule has 0 spiro atoms. The van der Waals surface area contributed by atoms with Crippen LogP contribution in [0, 0.1) is 0 Å². The first-order valence-electron chi connectivity index (χ1n) is 7.35. The minimum absolute atomic E-state index is 0.0674. The maximum absolute atomic E-state index is 12.8. The van der Waals surface area contributed by atoms with Gasteiger partial charge in [-0.1, -0.05) is 48.5 Å². The van der Waals surface area contributed by atoms with Crippen LogP contribution in [-0.2, 0) is 25.5 Å². The zero-order valence-electron chi connectivity index (χ0n) is 13.3. The standard InChI is InChI=1S/C18H17NO5/c1-19-14-11-7-6-10-13(14)18(23,15(19)20)17(22,16(21)24-2)12-8-4-3-5-9-12/h3-11,22-23H,1-2H3/t17-,18+/m0/s1. The van der Waals surface area contributed by atoms with Crippen LogP contribution in [0.1, 0.15) is 11.1 Å². The molecule has 3 rings (SSSR count). The Bertz CT molecular complexity index is 804. The van der Waals surface area contributed by atoms with Crippen molar-refractivity contribution in [3.63, 3.8) is 0 Å². The van der Waals surface area contributed by atoms with E-state index >= 15 is 0 Å². The van der Waals surface area contributed by atoms with Gasteiger partial charge >= 0.3 is 5.97 Å². The molecule has 1 aliphatic rings. The van der Waals surface area contributed by atoms with Crippen LogP contribution in [0.25, 0.3) is 0 Å². The van der Waals surface area contributed by atoms with Gasteiger partial charge in [0.05, 0.1) is 12.8 Å². The number of amides is 1. The fraction of sp³-hybridized carbons (Fsp3) is 0.222. The number of benzene rings is 2. The van der Waals surface area contributed by atoms with Crippen molar-refractivity contribution in [3.8, 4) is 0 Å². The lowest BCUT2D eigenvalue weighted by atomic mass is 9.74. The number of methoxy groups -OCH3 is 1. The first-order valence-corrected chi connectivity index (χ1v) is 7.35.